The van der Waals surface area contributed by atoms with Gasteiger partial charge in [-0.05, 0) is 35.9 Å². The number of hydrogen-bond donors (Lipinski definition) is 2. The van der Waals surface area contributed by atoms with E-state index in [1.807, 2.05) is 0 Å². The highest BCUT2D eigenvalue weighted by Crippen LogP contribution is 2.22. The first-order valence-corrected chi connectivity index (χ1v) is 7.98. The first kappa shape index (κ1) is 19.4. The van der Waals surface area contributed by atoms with Crippen LogP contribution in [0.5, 0.6) is 0 Å². The van der Waals surface area contributed by atoms with E-state index in [1.54, 1.807) is 12.1 Å². The molecule has 6 nitrogen and oxygen atoms in total. The molecule has 2 aromatic rings. The quantitative estimate of drug-likeness (QED) is 0.757. The van der Waals surface area contributed by atoms with Gasteiger partial charge < -0.3 is 15.4 Å². The van der Waals surface area contributed by atoms with Crippen molar-refractivity contribution in [3.8, 4) is 0 Å². The summed E-state index contributed by atoms with van der Waals surface area (Å²) in [5, 5.41) is 5.11. The molecule has 0 unspecified atom stereocenters. The smallest absolute Gasteiger partial charge is 0.338 e. The maximum absolute atomic E-state index is 13.0. The molecular formula is C18H16ClFN2O4. The van der Waals surface area contributed by atoms with Crippen molar-refractivity contribution < 1.29 is 23.5 Å². The summed E-state index contributed by atoms with van der Waals surface area (Å²) in [7, 11) is 0. The van der Waals surface area contributed by atoms with E-state index in [2.05, 4.69) is 10.6 Å². The number of benzene rings is 2. The van der Waals surface area contributed by atoms with Crippen molar-refractivity contribution in [3.63, 3.8) is 0 Å². The van der Waals surface area contributed by atoms with Crippen LogP contribution in [-0.2, 0) is 20.9 Å². The lowest BCUT2D eigenvalue weighted by Gasteiger charge is -2.08. The van der Waals surface area contributed by atoms with Crippen LogP contribution in [0.3, 0.4) is 0 Å². The predicted molar refractivity (Wildman–Crippen MR) is 94.3 cm³/mol. The van der Waals surface area contributed by atoms with Gasteiger partial charge in [-0.2, -0.15) is 0 Å². The summed E-state index contributed by atoms with van der Waals surface area (Å²) in [6, 6.07) is 9.94. The second-order valence-corrected chi connectivity index (χ2v) is 5.76. The molecule has 0 aliphatic rings. The van der Waals surface area contributed by atoms with E-state index in [0.29, 0.717) is 6.54 Å². The summed E-state index contributed by atoms with van der Waals surface area (Å²) in [5.41, 5.74) is 1.31. The van der Waals surface area contributed by atoms with Crippen LogP contribution in [0.15, 0.2) is 42.5 Å². The average Bonchev–Trinajstić information content (AvgIpc) is 2.60. The van der Waals surface area contributed by atoms with Crippen molar-refractivity contribution in [2.45, 2.75) is 13.5 Å². The van der Waals surface area contributed by atoms with Gasteiger partial charge in [-0.3, -0.25) is 9.59 Å². The molecule has 2 aromatic carbocycles. The van der Waals surface area contributed by atoms with Crippen LogP contribution in [0.4, 0.5) is 10.1 Å². The van der Waals surface area contributed by atoms with E-state index in [4.69, 9.17) is 16.3 Å². The molecule has 0 saturated heterocycles. The maximum atomic E-state index is 13.0. The van der Waals surface area contributed by atoms with E-state index in [0.717, 1.165) is 17.7 Å². The van der Waals surface area contributed by atoms with Crippen LogP contribution in [0.25, 0.3) is 0 Å². The van der Waals surface area contributed by atoms with Gasteiger partial charge >= 0.3 is 5.97 Å². The highest BCUT2D eigenvalue weighted by atomic mass is 35.5. The minimum absolute atomic E-state index is 0.0411. The lowest BCUT2D eigenvalue weighted by atomic mass is 10.1. The van der Waals surface area contributed by atoms with Crippen LogP contribution in [0.1, 0.15) is 22.8 Å². The van der Waals surface area contributed by atoms with Crippen LogP contribution < -0.4 is 10.6 Å². The number of carbonyl (C=O) groups excluding carboxylic acids is 3. The van der Waals surface area contributed by atoms with Gasteiger partial charge in [0.05, 0.1) is 16.3 Å². The molecule has 0 aliphatic carbocycles. The third-order valence-electron chi connectivity index (χ3n) is 3.27. The number of ether oxygens (including phenoxy) is 1. The lowest BCUT2D eigenvalue weighted by molar-refractivity contribution is -0.119. The van der Waals surface area contributed by atoms with Gasteiger partial charge in [-0.15, -0.1) is 0 Å². The van der Waals surface area contributed by atoms with Crippen LogP contribution in [-0.4, -0.2) is 24.4 Å². The zero-order valence-electron chi connectivity index (χ0n) is 13.8. The van der Waals surface area contributed by atoms with Gasteiger partial charge in [0.1, 0.15) is 5.82 Å². The second kappa shape index (κ2) is 8.96. The molecular weight excluding hydrogens is 363 g/mol. The van der Waals surface area contributed by atoms with Crippen LogP contribution in [0.2, 0.25) is 5.02 Å². The van der Waals surface area contributed by atoms with E-state index < -0.39 is 24.3 Å². The third-order valence-corrected chi connectivity index (χ3v) is 3.58. The van der Waals surface area contributed by atoms with E-state index in [-0.39, 0.29) is 22.2 Å². The van der Waals surface area contributed by atoms with Crippen molar-refractivity contribution >= 4 is 35.1 Å². The highest BCUT2D eigenvalue weighted by molar-refractivity contribution is 6.33. The summed E-state index contributed by atoms with van der Waals surface area (Å²) in [5.74, 6) is -1.95. The fourth-order valence-electron chi connectivity index (χ4n) is 1.98. The molecule has 136 valence electrons. The molecule has 0 heterocycles. The second-order valence-electron chi connectivity index (χ2n) is 5.36. The number of amides is 2. The fraction of sp³-hybridized carbons (Fsp3) is 0.167. The monoisotopic (exact) mass is 378 g/mol. The molecule has 2 amide bonds. The van der Waals surface area contributed by atoms with Gasteiger partial charge in [0.2, 0.25) is 5.91 Å². The minimum Gasteiger partial charge on any atom is -0.452 e. The first-order chi connectivity index (χ1) is 12.3. The Labute approximate surface area is 154 Å². The SMILES string of the molecule is CC(=O)NCc1ccc(C(=O)OCC(=O)Nc2ccc(F)cc2Cl)cc1. The number of halogens is 2. The highest BCUT2D eigenvalue weighted by Gasteiger charge is 2.12. The Morgan fingerprint density at radius 2 is 1.81 bits per heavy atom. The van der Waals surface area contributed by atoms with Gasteiger partial charge in [0, 0.05) is 13.5 Å². The summed E-state index contributed by atoms with van der Waals surface area (Å²) < 4.78 is 17.9. The van der Waals surface area contributed by atoms with E-state index in [9.17, 15) is 18.8 Å². The summed E-state index contributed by atoms with van der Waals surface area (Å²) in [4.78, 5) is 34.6. The summed E-state index contributed by atoms with van der Waals surface area (Å²) >= 11 is 5.80. The van der Waals surface area contributed by atoms with Crippen molar-refractivity contribution in [3.05, 3.63) is 64.4 Å². The van der Waals surface area contributed by atoms with Crippen molar-refractivity contribution in [1.29, 1.82) is 0 Å². The fourth-order valence-corrected chi connectivity index (χ4v) is 2.19. The normalized spacial score (nSPS) is 10.1. The van der Waals surface area contributed by atoms with Gasteiger partial charge in [0.15, 0.2) is 6.61 Å². The predicted octanol–water partition coefficient (Wildman–Crippen LogP) is 2.91. The van der Waals surface area contributed by atoms with Crippen LogP contribution >= 0.6 is 11.6 Å². The Hall–Kier alpha value is -2.93. The number of esters is 1. The largest absolute Gasteiger partial charge is 0.452 e. The Balaban J connectivity index is 1.85. The minimum atomic E-state index is -0.670. The average molecular weight is 379 g/mol. The number of nitrogens with one attached hydrogen (secondary N) is 2. The molecule has 8 heteroatoms. The maximum Gasteiger partial charge on any atom is 0.338 e. The Kier molecular flexibility index (Phi) is 6.68. The number of rotatable bonds is 6. The van der Waals surface area contributed by atoms with Crippen molar-refractivity contribution in [2.24, 2.45) is 0 Å². The lowest BCUT2D eigenvalue weighted by Crippen LogP contribution is -2.21. The zero-order valence-corrected chi connectivity index (χ0v) is 14.6. The van der Waals surface area contributed by atoms with Crippen LogP contribution in [0, 0.1) is 5.82 Å². The van der Waals surface area contributed by atoms with E-state index in [1.165, 1.54) is 25.1 Å². The van der Waals surface area contributed by atoms with Gasteiger partial charge in [-0.25, -0.2) is 9.18 Å². The Bertz CT molecular complexity index is 824. The Morgan fingerprint density at radius 1 is 1.12 bits per heavy atom. The molecule has 0 fully saturated rings. The van der Waals surface area contributed by atoms with Gasteiger partial charge in [0.25, 0.3) is 5.91 Å². The zero-order chi connectivity index (χ0) is 19.1. The number of carbonyl (C=O) groups is 3. The standard InChI is InChI=1S/C18H16ClFN2O4/c1-11(23)21-9-12-2-4-13(5-3-12)18(25)26-10-17(24)22-16-7-6-14(20)8-15(16)19/h2-8H,9-10H2,1H3,(H,21,23)(H,22,24). The molecule has 0 atom stereocenters. The molecule has 26 heavy (non-hydrogen) atoms. The molecule has 0 spiro atoms. The molecule has 0 aliphatic heterocycles. The van der Waals surface area contributed by atoms with E-state index >= 15 is 0 Å². The molecule has 2 rings (SSSR count). The number of hydrogen-bond acceptors (Lipinski definition) is 4. The first-order valence-electron chi connectivity index (χ1n) is 7.60. The third kappa shape index (κ3) is 5.86. The molecule has 0 aromatic heterocycles. The molecule has 0 bridgehead atoms. The van der Waals surface area contributed by atoms with Crippen molar-refractivity contribution in [1.82, 2.24) is 5.32 Å². The topological polar surface area (TPSA) is 84.5 Å². The molecule has 2 N–H and O–H groups in total. The van der Waals surface area contributed by atoms with Gasteiger partial charge in [-0.1, -0.05) is 23.7 Å². The molecule has 0 saturated carbocycles. The Morgan fingerprint density at radius 3 is 2.42 bits per heavy atom. The summed E-state index contributed by atoms with van der Waals surface area (Å²) in [6.45, 7) is 1.25. The van der Waals surface area contributed by atoms with Crippen molar-refractivity contribution in [2.75, 3.05) is 11.9 Å². The number of anilines is 1. The summed E-state index contributed by atoms with van der Waals surface area (Å²) in [6.07, 6.45) is 0. The molecule has 0 radical (unpaired) electrons.